The molecule has 2 heteroatoms. The van der Waals surface area contributed by atoms with Gasteiger partial charge in [0.25, 0.3) is 0 Å². The highest BCUT2D eigenvalue weighted by atomic mass is 16.3. The van der Waals surface area contributed by atoms with Crippen molar-refractivity contribution in [2.24, 2.45) is 0 Å². The molecule has 0 aliphatic carbocycles. The smallest absolute Gasteiger partial charge is 0.0836 e. The molecule has 0 spiro atoms. The van der Waals surface area contributed by atoms with E-state index in [1.165, 1.54) is 5.56 Å². The van der Waals surface area contributed by atoms with Crippen molar-refractivity contribution in [2.75, 3.05) is 0 Å². The summed E-state index contributed by atoms with van der Waals surface area (Å²) in [6.07, 6.45) is 1.96. The lowest BCUT2D eigenvalue weighted by molar-refractivity contribution is 0.274. The van der Waals surface area contributed by atoms with E-state index in [9.17, 15) is 0 Å². The molecule has 1 aromatic carbocycles. The van der Waals surface area contributed by atoms with Gasteiger partial charge in [0.15, 0.2) is 0 Å². The van der Waals surface area contributed by atoms with Crippen LogP contribution in [-0.2, 0) is 6.61 Å². The Kier molecular flexibility index (Phi) is 2.37. The van der Waals surface area contributed by atoms with Gasteiger partial charge in [0.1, 0.15) is 0 Å². The highest BCUT2D eigenvalue weighted by Crippen LogP contribution is 2.13. The first-order valence-corrected chi connectivity index (χ1v) is 4.65. The van der Waals surface area contributed by atoms with Gasteiger partial charge in [0.05, 0.1) is 6.61 Å². The molecular weight excluding hydrogens is 174 g/mol. The molecule has 1 N–H and O–H groups in total. The summed E-state index contributed by atoms with van der Waals surface area (Å²) in [4.78, 5) is 0. The van der Waals surface area contributed by atoms with Gasteiger partial charge in [-0.3, -0.25) is 0 Å². The van der Waals surface area contributed by atoms with Crippen LogP contribution in [0.15, 0.2) is 42.6 Å². The van der Waals surface area contributed by atoms with Crippen LogP contribution in [0.3, 0.4) is 0 Å². The molecule has 0 aliphatic heterocycles. The summed E-state index contributed by atoms with van der Waals surface area (Å²) in [6, 6.07) is 12.1. The summed E-state index contributed by atoms with van der Waals surface area (Å²) in [7, 11) is 0. The van der Waals surface area contributed by atoms with Crippen molar-refractivity contribution in [2.45, 2.75) is 13.5 Å². The number of nitrogens with zero attached hydrogens (tertiary/aromatic N) is 1. The van der Waals surface area contributed by atoms with Gasteiger partial charge in [-0.15, -0.1) is 0 Å². The highest BCUT2D eigenvalue weighted by Gasteiger charge is 2.01. The topological polar surface area (TPSA) is 25.2 Å². The first-order valence-electron chi connectivity index (χ1n) is 4.65. The number of benzene rings is 1. The molecule has 14 heavy (non-hydrogen) atoms. The average Bonchev–Trinajstić information content (AvgIpc) is 2.65. The van der Waals surface area contributed by atoms with E-state index in [2.05, 4.69) is 19.1 Å². The third-order valence-corrected chi connectivity index (χ3v) is 2.28. The monoisotopic (exact) mass is 187 g/mol. The van der Waals surface area contributed by atoms with Crippen LogP contribution in [0.2, 0.25) is 0 Å². The Morgan fingerprint density at radius 3 is 2.79 bits per heavy atom. The molecule has 0 aliphatic rings. The molecule has 72 valence electrons. The van der Waals surface area contributed by atoms with Gasteiger partial charge in [-0.2, -0.15) is 0 Å². The van der Waals surface area contributed by atoms with E-state index in [1.807, 2.05) is 35.0 Å². The lowest BCUT2D eigenvalue weighted by Gasteiger charge is -2.07. The second kappa shape index (κ2) is 3.68. The van der Waals surface area contributed by atoms with Crippen molar-refractivity contribution in [3.8, 4) is 5.69 Å². The number of aliphatic hydroxyl groups excluding tert-OH is 1. The minimum atomic E-state index is 0.0704. The molecule has 2 aromatic rings. The summed E-state index contributed by atoms with van der Waals surface area (Å²) >= 11 is 0. The minimum Gasteiger partial charge on any atom is -0.390 e. The zero-order valence-corrected chi connectivity index (χ0v) is 8.14. The Morgan fingerprint density at radius 1 is 1.21 bits per heavy atom. The maximum Gasteiger partial charge on any atom is 0.0836 e. The fourth-order valence-electron chi connectivity index (χ4n) is 1.57. The molecule has 0 saturated heterocycles. The summed E-state index contributed by atoms with van der Waals surface area (Å²) < 4.78 is 1.99. The third kappa shape index (κ3) is 1.56. The molecule has 0 unspecified atom stereocenters. The summed E-state index contributed by atoms with van der Waals surface area (Å²) in [5, 5.41) is 9.12. The van der Waals surface area contributed by atoms with Crippen LogP contribution in [0.25, 0.3) is 5.69 Å². The Hall–Kier alpha value is -1.54. The van der Waals surface area contributed by atoms with Crippen molar-refractivity contribution in [3.05, 3.63) is 53.9 Å². The second-order valence-electron chi connectivity index (χ2n) is 3.37. The lowest BCUT2D eigenvalue weighted by atomic mass is 10.2. The molecule has 0 amide bonds. The molecule has 2 nitrogen and oxygen atoms in total. The number of rotatable bonds is 2. The number of aromatic nitrogens is 1. The average molecular weight is 187 g/mol. The molecule has 0 bridgehead atoms. The van der Waals surface area contributed by atoms with Crippen LogP contribution >= 0.6 is 0 Å². The number of hydrogen-bond acceptors (Lipinski definition) is 1. The normalized spacial score (nSPS) is 10.4. The van der Waals surface area contributed by atoms with Gasteiger partial charge >= 0.3 is 0 Å². The molecule has 0 fully saturated rings. The van der Waals surface area contributed by atoms with Crippen LogP contribution in [0.4, 0.5) is 0 Å². The van der Waals surface area contributed by atoms with Crippen molar-refractivity contribution in [3.63, 3.8) is 0 Å². The molecule has 1 heterocycles. The molecular formula is C12H13NO. The van der Waals surface area contributed by atoms with Gasteiger partial charge in [0.2, 0.25) is 0 Å². The fourth-order valence-corrected chi connectivity index (χ4v) is 1.57. The zero-order valence-electron chi connectivity index (χ0n) is 8.14. The predicted octanol–water partition coefficient (Wildman–Crippen LogP) is 2.28. The Balaban J connectivity index is 2.49. The largest absolute Gasteiger partial charge is 0.390 e. The van der Waals surface area contributed by atoms with Crippen LogP contribution in [-0.4, -0.2) is 9.67 Å². The van der Waals surface area contributed by atoms with Gasteiger partial charge in [-0.1, -0.05) is 12.1 Å². The molecule has 2 rings (SSSR count). The highest BCUT2D eigenvalue weighted by molar-refractivity contribution is 5.37. The molecule has 1 aromatic heterocycles. The van der Waals surface area contributed by atoms with Gasteiger partial charge in [0, 0.05) is 17.6 Å². The van der Waals surface area contributed by atoms with Crippen molar-refractivity contribution in [1.82, 2.24) is 4.57 Å². The molecule has 0 atom stereocenters. The van der Waals surface area contributed by atoms with E-state index >= 15 is 0 Å². The van der Waals surface area contributed by atoms with E-state index in [0.29, 0.717) is 0 Å². The van der Waals surface area contributed by atoms with E-state index in [4.69, 9.17) is 5.11 Å². The zero-order chi connectivity index (χ0) is 9.97. The fraction of sp³-hybridized carbons (Fsp3) is 0.167. The standard InChI is InChI=1S/C12H13NO/c1-10-4-2-5-11(8-10)13-7-3-6-12(13)9-14/h2-8,14H,9H2,1H3. The lowest BCUT2D eigenvalue weighted by Crippen LogP contribution is -1.98. The van der Waals surface area contributed by atoms with E-state index in [1.54, 1.807) is 0 Å². The van der Waals surface area contributed by atoms with Crippen molar-refractivity contribution < 1.29 is 5.11 Å². The molecule has 0 radical (unpaired) electrons. The maximum atomic E-state index is 9.12. The third-order valence-electron chi connectivity index (χ3n) is 2.28. The van der Waals surface area contributed by atoms with E-state index in [-0.39, 0.29) is 6.61 Å². The Bertz CT molecular complexity index is 431. The number of aryl methyl sites for hydroxylation is 1. The number of hydrogen-bond donors (Lipinski definition) is 1. The van der Waals surface area contributed by atoms with E-state index < -0.39 is 0 Å². The molecule has 0 saturated carbocycles. The maximum absolute atomic E-state index is 9.12. The first-order chi connectivity index (χ1) is 6.81. The first kappa shape index (κ1) is 9.03. The number of aliphatic hydroxyl groups is 1. The van der Waals surface area contributed by atoms with Crippen LogP contribution in [0.5, 0.6) is 0 Å². The van der Waals surface area contributed by atoms with Crippen LogP contribution < -0.4 is 0 Å². The quantitative estimate of drug-likeness (QED) is 0.766. The second-order valence-corrected chi connectivity index (χ2v) is 3.37. The van der Waals surface area contributed by atoms with Gasteiger partial charge < -0.3 is 9.67 Å². The van der Waals surface area contributed by atoms with Gasteiger partial charge in [-0.05, 0) is 36.8 Å². The SMILES string of the molecule is Cc1cccc(-n2cccc2CO)c1. The summed E-state index contributed by atoms with van der Waals surface area (Å²) in [5.74, 6) is 0. The Morgan fingerprint density at radius 2 is 2.07 bits per heavy atom. The minimum absolute atomic E-state index is 0.0704. The summed E-state index contributed by atoms with van der Waals surface area (Å²) in [6.45, 7) is 2.13. The van der Waals surface area contributed by atoms with Crippen molar-refractivity contribution >= 4 is 0 Å². The van der Waals surface area contributed by atoms with E-state index in [0.717, 1.165) is 11.4 Å². The van der Waals surface area contributed by atoms with Crippen LogP contribution in [0, 0.1) is 6.92 Å². The predicted molar refractivity (Wildman–Crippen MR) is 56.4 cm³/mol. The van der Waals surface area contributed by atoms with Crippen LogP contribution in [0.1, 0.15) is 11.3 Å². The van der Waals surface area contributed by atoms with Gasteiger partial charge in [-0.25, -0.2) is 0 Å². The van der Waals surface area contributed by atoms with Crippen molar-refractivity contribution in [1.29, 1.82) is 0 Å². The Labute approximate surface area is 83.4 Å². The summed E-state index contributed by atoms with van der Waals surface area (Å²) in [5.41, 5.74) is 3.23.